The fourth-order valence-corrected chi connectivity index (χ4v) is 5.25. The van der Waals surface area contributed by atoms with E-state index in [2.05, 4.69) is 18.3 Å². The Morgan fingerprint density at radius 1 is 1.32 bits per heavy atom. The van der Waals surface area contributed by atoms with Gasteiger partial charge >= 0.3 is 0 Å². The van der Waals surface area contributed by atoms with Gasteiger partial charge in [0, 0.05) is 23.5 Å². The molecule has 1 aliphatic heterocycles. The number of hydrogen-bond acceptors (Lipinski definition) is 2. The lowest BCUT2D eigenvalue weighted by atomic mass is 9.51. The quantitative estimate of drug-likeness (QED) is 0.722. The minimum atomic E-state index is 0.346. The summed E-state index contributed by atoms with van der Waals surface area (Å²) in [7, 11) is 0. The minimum absolute atomic E-state index is 0.346. The van der Waals surface area contributed by atoms with E-state index >= 15 is 0 Å². The second-order valence-electron chi connectivity index (χ2n) is 7.01. The first kappa shape index (κ1) is 11.9. The lowest BCUT2D eigenvalue weighted by Gasteiger charge is -2.56. The Morgan fingerprint density at radius 2 is 2.21 bits per heavy atom. The van der Waals surface area contributed by atoms with E-state index in [9.17, 15) is 4.79 Å². The highest BCUT2D eigenvalue weighted by atomic mass is 16.1. The summed E-state index contributed by atoms with van der Waals surface area (Å²) in [5, 5.41) is 3.70. The van der Waals surface area contributed by atoms with Gasteiger partial charge in [0.15, 0.2) is 5.78 Å². The van der Waals surface area contributed by atoms with Gasteiger partial charge in [-0.1, -0.05) is 24.5 Å². The van der Waals surface area contributed by atoms with E-state index in [1.807, 2.05) is 0 Å². The average molecular weight is 257 g/mol. The van der Waals surface area contributed by atoms with Crippen LogP contribution in [0.3, 0.4) is 0 Å². The van der Waals surface area contributed by atoms with Crippen molar-refractivity contribution in [2.75, 3.05) is 6.54 Å². The molecule has 3 aliphatic carbocycles. The zero-order chi connectivity index (χ0) is 13.0. The Labute approximate surface area is 115 Å². The van der Waals surface area contributed by atoms with Crippen molar-refractivity contribution in [1.29, 1.82) is 0 Å². The molecule has 0 amide bonds. The number of carbonyl (C=O) groups is 1. The van der Waals surface area contributed by atoms with Crippen LogP contribution in [0.4, 0.5) is 0 Å². The van der Waals surface area contributed by atoms with Crippen LogP contribution >= 0.6 is 0 Å². The molecule has 2 nitrogen and oxygen atoms in total. The smallest absolute Gasteiger partial charge is 0.163 e. The molecular formula is C17H23NO. The van der Waals surface area contributed by atoms with Crippen LogP contribution in [0, 0.1) is 11.3 Å². The summed E-state index contributed by atoms with van der Waals surface area (Å²) in [6.45, 7) is 3.27. The lowest BCUT2D eigenvalue weighted by molar-refractivity contribution is -0.116. The molecular weight excluding hydrogens is 234 g/mol. The van der Waals surface area contributed by atoms with Gasteiger partial charge in [0.1, 0.15) is 0 Å². The molecule has 2 fully saturated rings. The monoisotopic (exact) mass is 257 g/mol. The first-order valence-electron chi connectivity index (χ1n) is 7.88. The average Bonchev–Trinajstić information content (AvgIpc) is 2.40. The largest absolute Gasteiger partial charge is 0.313 e. The van der Waals surface area contributed by atoms with E-state index in [-0.39, 0.29) is 0 Å². The van der Waals surface area contributed by atoms with Gasteiger partial charge in [0.25, 0.3) is 0 Å². The van der Waals surface area contributed by atoms with E-state index in [1.54, 1.807) is 0 Å². The van der Waals surface area contributed by atoms with Crippen LogP contribution in [-0.2, 0) is 4.79 Å². The van der Waals surface area contributed by atoms with Gasteiger partial charge in [0.05, 0.1) is 0 Å². The van der Waals surface area contributed by atoms with E-state index in [0.29, 0.717) is 23.7 Å². The maximum absolute atomic E-state index is 12.4. The molecule has 0 spiro atoms. The standard InChI is InChI=1S/C17H23NO/c1-11-8-14-12(16(19)9-11)10-15-13-4-2-3-5-17(13,14)6-7-18-15/h8,13,15,18H,2-7,9-10H2,1H3/t13-,15+,17+/m0/s1. The van der Waals surface area contributed by atoms with Gasteiger partial charge in [-0.2, -0.15) is 0 Å². The molecule has 4 rings (SSSR count). The van der Waals surface area contributed by atoms with Gasteiger partial charge in [-0.25, -0.2) is 0 Å². The molecule has 0 radical (unpaired) electrons. The SMILES string of the molecule is CC1=CC2=C(C[C@H]3NCC[C@@]24CCCC[C@@H]34)C(=O)C1. The number of hydrogen-bond donors (Lipinski definition) is 1. The second kappa shape index (κ2) is 4.05. The third-order valence-electron chi connectivity index (χ3n) is 6.01. The Kier molecular flexibility index (Phi) is 2.54. The Balaban J connectivity index is 1.89. The maximum Gasteiger partial charge on any atom is 0.163 e. The summed E-state index contributed by atoms with van der Waals surface area (Å²) < 4.78 is 0. The molecule has 1 saturated carbocycles. The van der Waals surface area contributed by atoms with Crippen molar-refractivity contribution in [2.24, 2.45) is 11.3 Å². The summed E-state index contributed by atoms with van der Waals surface area (Å²) in [4.78, 5) is 12.4. The first-order valence-corrected chi connectivity index (χ1v) is 7.88. The summed E-state index contributed by atoms with van der Waals surface area (Å²) in [6.07, 6.45) is 10.7. The molecule has 1 N–H and O–H groups in total. The van der Waals surface area contributed by atoms with Crippen LogP contribution in [0.1, 0.15) is 51.9 Å². The number of Topliss-reactive ketones (excluding diaryl/α,β-unsaturated/α-hetero) is 1. The van der Waals surface area contributed by atoms with Crippen LogP contribution in [-0.4, -0.2) is 18.4 Å². The topological polar surface area (TPSA) is 29.1 Å². The van der Waals surface area contributed by atoms with Gasteiger partial charge in [-0.05, 0) is 50.6 Å². The molecule has 0 aromatic heterocycles. The van der Waals surface area contributed by atoms with Crippen LogP contribution in [0.25, 0.3) is 0 Å². The minimum Gasteiger partial charge on any atom is -0.313 e. The highest BCUT2D eigenvalue weighted by Gasteiger charge is 2.53. The van der Waals surface area contributed by atoms with Gasteiger partial charge in [0.2, 0.25) is 0 Å². The molecule has 2 bridgehead atoms. The summed E-state index contributed by atoms with van der Waals surface area (Å²) in [6, 6.07) is 0.573. The van der Waals surface area contributed by atoms with Crippen molar-refractivity contribution in [1.82, 2.24) is 5.32 Å². The Morgan fingerprint density at radius 3 is 3.11 bits per heavy atom. The summed E-state index contributed by atoms with van der Waals surface area (Å²) >= 11 is 0. The Hall–Kier alpha value is -0.890. The van der Waals surface area contributed by atoms with E-state index < -0.39 is 0 Å². The van der Waals surface area contributed by atoms with Crippen LogP contribution in [0.15, 0.2) is 22.8 Å². The number of ketones is 1. The molecule has 2 heteroatoms. The van der Waals surface area contributed by atoms with Crippen molar-refractivity contribution in [3.8, 4) is 0 Å². The van der Waals surface area contributed by atoms with Crippen LogP contribution in [0.2, 0.25) is 0 Å². The molecule has 4 aliphatic rings. The zero-order valence-corrected chi connectivity index (χ0v) is 11.8. The molecule has 19 heavy (non-hydrogen) atoms. The van der Waals surface area contributed by atoms with Crippen LogP contribution < -0.4 is 5.32 Å². The second-order valence-corrected chi connectivity index (χ2v) is 7.01. The predicted octanol–water partition coefficient (Wildman–Crippen LogP) is 3.14. The highest BCUT2D eigenvalue weighted by molar-refractivity contribution is 6.00. The zero-order valence-electron chi connectivity index (χ0n) is 11.8. The predicted molar refractivity (Wildman–Crippen MR) is 75.8 cm³/mol. The fourth-order valence-electron chi connectivity index (χ4n) is 5.25. The highest BCUT2D eigenvalue weighted by Crippen LogP contribution is 2.58. The molecule has 102 valence electrons. The first-order chi connectivity index (χ1) is 9.21. The maximum atomic E-state index is 12.4. The third-order valence-corrected chi connectivity index (χ3v) is 6.01. The molecule has 0 aromatic carbocycles. The molecule has 0 aromatic rings. The number of piperidine rings is 1. The van der Waals surface area contributed by atoms with Crippen molar-refractivity contribution in [3.05, 3.63) is 22.8 Å². The van der Waals surface area contributed by atoms with E-state index in [1.165, 1.54) is 48.8 Å². The Bertz CT molecular complexity index is 497. The molecule has 1 saturated heterocycles. The van der Waals surface area contributed by atoms with Gasteiger partial charge < -0.3 is 5.32 Å². The summed E-state index contributed by atoms with van der Waals surface area (Å²) in [5.41, 5.74) is 4.27. The van der Waals surface area contributed by atoms with E-state index in [4.69, 9.17) is 0 Å². The van der Waals surface area contributed by atoms with Gasteiger partial charge in [-0.15, -0.1) is 0 Å². The van der Waals surface area contributed by atoms with Crippen molar-refractivity contribution < 1.29 is 4.79 Å². The molecule has 3 atom stereocenters. The normalized spacial score (nSPS) is 41.5. The van der Waals surface area contributed by atoms with E-state index in [0.717, 1.165) is 18.9 Å². The van der Waals surface area contributed by atoms with Crippen molar-refractivity contribution in [2.45, 2.75) is 57.9 Å². The lowest BCUT2D eigenvalue weighted by Crippen LogP contribution is -2.57. The number of rotatable bonds is 0. The fraction of sp³-hybridized carbons (Fsp3) is 0.706. The summed E-state index contributed by atoms with van der Waals surface area (Å²) in [5.74, 6) is 1.19. The molecule has 0 unspecified atom stereocenters. The molecule has 1 heterocycles. The number of nitrogens with one attached hydrogen (secondary N) is 1. The van der Waals surface area contributed by atoms with Crippen molar-refractivity contribution in [3.63, 3.8) is 0 Å². The number of carbonyl (C=O) groups excluding carboxylic acids is 1. The number of allylic oxidation sites excluding steroid dienone is 3. The van der Waals surface area contributed by atoms with Crippen molar-refractivity contribution >= 4 is 5.78 Å². The third kappa shape index (κ3) is 1.56. The van der Waals surface area contributed by atoms with Crippen LogP contribution in [0.5, 0.6) is 0 Å². The van der Waals surface area contributed by atoms with Gasteiger partial charge in [-0.3, -0.25) is 4.79 Å².